The molecule has 96 valence electrons. The van der Waals surface area contributed by atoms with Crippen LogP contribution < -0.4 is 19.9 Å². The number of hydrogen-bond donors (Lipinski definition) is 2. The highest BCUT2D eigenvalue weighted by molar-refractivity contribution is 5.56. The van der Waals surface area contributed by atoms with Crippen molar-refractivity contribution in [1.29, 1.82) is 0 Å². The summed E-state index contributed by atoms with van der Waals surface area (Å²) in [5.74, 6) is -0.217. The van der Waals surface area contributed by atoms with Gasteiger partial charge in [0.25, 0.3) is 0 Å². The third-order valence-electron chi connectivity index (χ3n) is 2.38. The molecule has 3 N–H and O–H groups in total. The summed E-state index contributed by atoms with van der Waals surface area (Å²) in [4.78, 5) is 0. The maximum Gasteiger partial charge on any atom is 0.169 e. The van der Waals surface area contributed by atoms with Gasteiger partial charge in [0.15, 0.2) is 23.1 Å². The quantitative estimate of drug-likeness (QED) is 0.804. The van der Waals surface area contributed by atoms with Crippen LogP contribution in [0.3, 0.4) is 0 Å². The maximum atomic E-state index is 13.7. The maximum absolute atomic E-state index is 13.7. The van der Waals surface area contributed by atoms with Gasteiger partial charge in [-0.15, -0.1) is 0 Å². The Morgan fingerprint density at radius 1 is 1.24 bits per heavy atom. The van der Waals surface area contributed by atoms with Gasteiger partial charge in [-0.2, -0.15) is 0 Å². The summed E-state index contributed by atoms with van der Waals surface area (Å²) in [6.45, 7) is -0.362. The molecule has 0 saturated carbocycles. The third-order valence-corrected chi connectivity index (χ3v) is 2.38. The number of hydrogen-bond acceptors (Lipinski definition) is 5. The van der Waals surface area contributed by atoms with Crippen molar-refractivity contribution in [2.45, 2.75) is 6.04 Å². The van der Waals surface area contributed by atoms with E-state index in [2.05, 4.69) is 0 Å². The van der Waals surface area contributed by atoms with Gasteiger partial charge >= 0.3 is 0 Å². The Kier molecular flexibility index (Phi) is 4.53. The Labute approximate surface area is 98.9 Å². The van der Waals surface area contributed by atoms with E-state index in [1.54, 1.807) is 0 Å². The second kappa shape index (κ2) is 5.70. The molecule has 1 rings (SSSR count). The molecule has 0 saturated heterocycles. The second-order valence-electron chi connectivity index (χ2n) is 3.33. The van der Waals surface area contributed by atoms with Crippen LogP contribution in [0.2, 0.25) is 0 Å². The summed E-state index contributed by atoms with van der Waals surface area (Å²) in [5, 5.41) is 9.08. The molecular formula is C11H16FNO4. The minimum absolute atomic E-state index is 0.0517. The summed E-state index contributed by atoms with van der Waals surface area (Å²) >= 11 is 0. The number of benzene rings is 1. The smallest absolute Gasteiger partial charge is 0.169 e. The molecule has 0 aliphatic carbocycles. The molecule has 0 heterocycles. The van der Waals surface area contributed by atoms with Gasteiger partial charge in [-0.1, -0.05) is 0 Å². The normalized spacial score (nSPS) is 12.1. The van der Waals surface area contributed by atoms with Gasteiger partial charge in [0, 0.05) is 6.07 Å². The standard InChI is InChI=1S/C11H16FNO4/c1-15-8-4-6(12)10(16-2)9(7(13)5-14)11(8)17-3/h4,7,14H,5,13H2,1-3H3. The van der Waals surface area contributed by atoms with E-state index in [0.717, 1.165) is 6.07 Å². The molecule has 0 fully saturated rings. The topological polar surface area (TPSA) is 73.9 Å². The van der Waals surface area contributed by atoms with Crippen LogP contribution in [0.25, 0.3) is 0 Å². The van der Waals surface area contributed by atoms with E-state index in [1.165, 1.54) is 21.3 Å². The zero-order valence-corrected chi connectivity index (χ0v) is 9.99. The molecule has 1 aromatic carbocycles. The average molecular weight is 245 g/mol. The van der Waals surface area contributed by atoms with Crippen molar-refractivity contribution >= 4 is 0 Å². The van der Waals surface area contributed by atoms with Crippen molar-refractivity contribution in [1.82, 2.24) is 0 Å². The lowest BCUT2D eigenvalue weighted by Crippen LogP contribution is -2.17. The fraction of sp³-hybridized carbons (Fsp3) is 0.455. The molecule has 6 heteroatoms. The zero-order valence-electron chi connectivity index (χ0n) is 9.99. The number of halogens is 1. The van der Waals surface area contributed by atoms with Crippen LogP contribution in [0.4, 0.5) is 4.39 Å². The molecule has 0 aromatic heterocycles. The summed E-state index contributed by atoms with van der Waals surface area (Å²) in [7, 11) is 4.11. The molecule has 0 radical (unpaired) electrons. The van der Waals surface area contributed by atoms with Crippen molar-refractivity contribution in [3.05, 3.63) is 17.4 Å². The lowest BCUT2D eigenvalue weighted by Gasteiger charge is -2.20. The van der Waals surface area contributed by atoms with Gasteiger partial charge in [-0.3, -0.25) is 0 Å². The molecule has 0 amide bonds. The number of aliphatic hydroxyl groups excluding tert-OH is 1. The van der Waals surface area contributed by atoms with E-state index in [1.807, 2.05) is 0 Å². The summed E-state index contributed by atoms with van der Waals surface area (Å²) in [6, 6.07) is 0.329. The number of ether oxygens (including phenoxy) is 3. The first-order valence-electron chi connectivity index (χ1n) is 4.95. The molecule has 0 bridgehead atoms. The fourth-order valence-corrected chi connectivity index (χ4v) is 1.61. The van der Waals surface area contributed by atoms with Crippen LogP contribution >= 0.6 is 0 Å². The van der Waals surface area contributed by atoms with Crippen molar-refractivity contribution in [3.8, 4) is 17.2 Å². The van der Waals surface area contributed by atoms with Gasteiger partial charge < -0.3 is 25.1 Å². The zero-order chi connectivity index (χ0) is 13.0. The predicted molar refractivity (Wildman–Crippen MR) is 60.1 cm³/mol. The highest BCUT2D eigenvalue weighted by Gasteiger charge is 2.24. The fourth-order valence-electron chi connectivity index (χ4n) is 1.61. The van der Waals surface area contributed by atoms with Crippen LogP contribution in [-0.2, 0) is 0 Å². The van der Waals surface area contributed by atoms with Crippen LogP contribution in [-0.4, -0.2) is 33.0 Å². The first-order valence-corrected chi connectivity index (χ1v) is 4.95. The molecule has 5 nitrogen and oxygen atoms in total. The molecular weight excluding hydrogens is 229 g/mol. The Bertz CT molecular complexity index is 398. The number of rotatable bonds is 5. The molecule has 17 heavy (non-hydrogen) atoms. The number of aliphatic hydroxyl groups is 1. The van der Waals surface area contributed by atoms with E-state index in [4.69, 9.17) is 25.1 Å². The van der Waals surface area contributed by atoms with Crippen LogP contribution in [0.15, 0.2) is 6.07 Å². The van der Waals surface area contributed by atoms with Crippen LogP contribution in [0, 0.1) is 5.82 Å². The highest BCUT2D eigenvalue weighted by atomic mass is 19.1. The Morgan fingerprint density at radius 3 is 2.24 bits per heavy atom. The summed E-state index contributed by atoms with van der Waals surface area (Å²) in [6.07, 6.45) is 0. The molecule has 0 aliphatic heterocycles. The third kappa shape index (κ3) is 2.42. The van der Waals surface area contributed by atoms with E-state index in [-0.39, 0.29) is 29.4 Å². The minimum Gasteiger partial charge on any atom is -0.493 e. The summed E-state index contributed by atoms with van der Waals surface area (Å²) in [5.41, 5.74) is 5.95. The van der Waals surface area contributed by atoms with Crippen molar-refractivity contribution in [2.75, 3.05) is 27.9 Å². The van der Waals surface area contributed by atoms with Crippen molar-refractivity contribution in [3.63, 3.8) is 0 Å². The number of methoxy groups -OCH3 is 3. The Hall–Kier alpha value is -1.53. The first kappa shape index (κ1) is 13.5. The first-order chi connectivity index (χ1) is 8.10. The Morgan fingerprint density at radius 2 is 1.82 bits per heavy atom. The lowest BCUT2D eigenvalue weighted by molar-refractivity contribution is 0.256. The van der Waals surface area contributed by atoms with Gasteiger partial charge in [0.2, 0.25) is 0 Å². The lowest BCUT2D eigenvalue weighted by atomic mass is 10.0. The monoisotopic (exact) mass is 245 g/mol. The van der Waals surface area contributed by atoms with Gasteiger partial charge in [0.1, 0.15) is 0 Å². The summed E-state index contributed by atoms with van der Waals surface area (Å²) < 4.78 is 28.8. The molecule has 1 atom stereocenters. The van der Waals surface area contributed by atoms with Gasteiger partial charge in [-0.05, 0) is 0 Å². The largest absolute Gasteiger partial charge is 0.493 e. The highest BCUT2D eigenvalue weighted by Crippen LogP contribution is 2.42. The van der Waals surface area contributed by atoms with E-state index >= 15 is 0 Å². The van der Waals surface area contributed by atoms with E-state index in [0.29, 0.717) is 0 Å². The number of nitrogens with two attached hydrogens (primary N) is 1. The SMILES string of the molecule is COc1cc(F)c(OC)c(C(N)CO)c1OC. The molecule has 1 aromatic rings. The second-order valence-corrected chi connectivity index (χ2v) is 3.33. The molecule has 0 aliphatic rings. The Balaban J connectivity index is 3.52. The van der Waals surface area contributed by atoms with Crippen molar-refractivity contribution < 1.29 is 23.7 Å². The molecule has 1 unspecified atom stereocenters. The van der Waals surface area contributed by atoms with Crippen molar-refractivity contribution in [2.24, 2.45) is 5.73 Å². The van der Waals surface area contributed by atoms with Crippen LogP contribution in [0.5, 0.6) is 17.2 Å². The van der Waals surface area contributed by atoms with Crippen LogP contribution in [0.1, 0.15) is 11.6 Å². The predicted octanol–water partition coefficient (Wildman–Crippen LogP) is 0.844. The van der Waals surface area contributed by atoms with E-state index < -0.39 is 11.9 Å². The minimum atomic E-state index is -0.815. The van der Waals surface area contributed by atoms with Gasteiger partial charge in [0.05, 0.1) is 39.5 Å². The average Bonchev–Trinajstić information content (AvgIpc) is 2.36. The molecule has 0 spiro atoms. The van der Waals surface area contributed by atoms with E-state index in [9.17, 15) is 4.39 Å². The van der Waals surface area contributed by atoms with Gasteiger partial charge in [-0.25, -0.2) is 4.39 Å².